The molecule has 0 unspecified atom stereocenters. The van der Waals surface area contributed by atoms with Crippen molar-refractivity contribution in [3.63, 3.8) is 0 Å². The lowest BCUT2D eigenvalue weighted by molar-refractivity contribution is -0.120. The van der Waals surface area contributed by atoms with Gasteiger partial charge in [0.2, 0.25) is 5.91 Å². The predicted molar refractivity (Wildman–Crippen MR) is 176 cm³/mol. The van der Waals surface area contributed by atoms with E-state index in [0.717, 1.165) is 61.2 Å². The van der Waals surface area contributed by atoms with Crippen molar-refractivity contribution in [3.05, 3.63) is 149 Å². The molecule has 0 saturated heterocycles. The van der Waals surface area contributed by atoms with Crippen LogP contribution in [-0.4, -0.2) is 49.6 Å². The number of carbonyl (C=O) groups is 2. The number of ether oxygens (including phenoxy) is 1. The van der Waals surface area contributed by atoms with E-state index in [2.05, 4.69) is 45.9 Å². The van der Waals surface area contributed by atoms with Gasteiger partial charge in [-0.25, -0.2) is 9.18 Å². The number of halogens is 1. The molecule has 0 radical (unpaired) electrons. The molecule has 5 rings (SSSR count). The topological polar surface area (TPSA) is 70.7 Å². The Hall–Kier alpha value is -4.75. The van der Waals surface area contributed by atoms with E-state index < -0.39 is 11.5 Å². The fraction of sp³-hybridized carbons (Fsp3) is 0.263. The van der Waals surface area contributed by atoms with E-state index in [-0.39, 0.29) is 24.9 Å². The number of carbonyl (C=O) groups excluding carboxylic acids is 2. The van der Waals surface area contributed by atoms with Crippen LogP contribution in [0.5, 0.6) is 0 Å². The quantitative estimate of drug-likeness (QED) is 0.178. The zero-order valence-corrected chi connectivity index (χ0v) is 25.5. The lowest BCUT2D eigenvalue weighted by Crippen LogP contribution is -2.45. The monoisotopic (exact) mass is 605 g/mol. The first-order valence-electron chi connectivity index (χ1n) is 15.5. The van der Waals surface area contributed by atoms with Crippen LogP contribution in [-0.2, 0) is 21.6 Å². The van der Waals surface area contributed by atoms with Gasteiger partial charge in [0.1, 0.15) is 12.4 Å². The summed E-state index contributed by atoms with van der Waals surface area (Å²) in [6.07, 6.45) is 4.00. The van der Waals surface area contributed by atoms with Crippen LogP contribution in [0.4, 0.5) is 9.18 Å². The van der Waals surface area contributed by atoms with Crippen molar-refractivity contribution in [1.82, 2.24) is 15.5 Å². The van der Waals surface area contributed by atoms with Crippen molar-refractivity contribution < 1.29 is 18.7 Å². The summed E-state index contributed by atoms with van der Waals surface area (Å²) >= 11 is 0. The average molecular weight is 606 g/mol. The Morgan fingerprint density at radius 1 is 0.800 bits per heavy atom. The zero-order valence-electron chi connectivity index (χ0n) is 25.5. The van der Waals surface area contributed by atoms with Crippen molar-refractivity contribution in [3.8, 4) is 0 Å². The maximum absolute atomic E-state index is 14.3. The average Bonchev–Trinajstić information content (AvgIpc) is 3.10. The highest BCUT2D eigenvalue weighted by atomic mass is 19.1. The maximum atomic E-state index is 14.3. The van der Waals surface area contributed by atoms with E-state index in [1.807, 2.05) is 78.9 Å². The van der Waals surface area contributed by atoms with Gasteiger partial charge in [-0.3, -0.25) is 9.69 Å². The van der Waals surface area contributed by atoms with Gasteiger partial charge in [-0.1, -0.05) is 115 Å². The number of amides is 2. The first kappa shape index (κ1) is 31.7. The Morgan fingerprint density at radius 2 is 1.42 bits per heavy atom. The molecule has 1 aliphatic rings. The lowest BCUT2D eigenvalue weighted by atomic mass is 9.71. The van der Waals surface area contributed by atoms with E-state index in [4.69, 9.17) is 4.74 Å². The molecule has 2 amide bonds. The van der Waals surface area contributed by atoms with Crippen molar-refractivity contribution in [2.24, 2.45) is 0 Å². The first-order chi connectivity index (χ1) is 22.0. The number of rotatable bonds is 13. The van der Waals surface area contributed by atoms with Crippen molar-refractivity contribution in [1.29, 1.82) is 0 Å². The normalized spacial score (nSPS) is 13.5. The predicted octanol–water partition coefficient (Wildman–Crippen LogP) is 6.72. The fourth-order valence-corrected chi connectivity index (χ4v) is 5.99. The van der Waals surface area contributed by atoms with Gasteiger partial charge in [0, 0.05) is 30.6 Å². The molecule has 45 heavy (non-hydrogen) atoms. The van der Waals surface area contributed by atoms with Crippen LogP contribution in [0.15, 0.2) is 121 Å². The number of hydrogen-bond donors (Lipinski definition) is 2. The largest absolute Gasteiger partial charge is 0.445 e. The third-order valence-electron chi connectivity index (χ3n) is 8.44. The third kappa shape index (κ3) is 8.67. The molecule has 1 heterocycles. The second kappa shape index (κ2) is 15.8. The van der Waals surface area contributed by atoms with E-state index in [9.17, 15) is 14.0 Å². The molecular weight excluding hydrogens is 565 g/mol. The van der Waals surface area contributed by atoms with Gasteiger partial charge in [-0.15, -0.1) is 0 Å². The van der Waals surface area contributed by atoms with Gasteiger partial charge < -0.3 is 15.4 Å². The molecule has 0 aliphatic carbocycles. The molecule has 7 heteroatoms. The number of nitrogens with one attached hydrogen (secondary N) is 2. The molecule has 2 N–H and O–H groups in total. The van der Waals surface area contributed by atoms with Crippen LogP contribution < -0.4 is 10.6 Å². The third-order valence-corrected chi connectivity index (χ3v) is 8.44. The molecule has 0 spiro atoms. The smallest absolute Gasteiger partial charge is 0.407 e. The Balaban J connectivity index is 1.23. The number of nitrogens with zero attached hydrogens (tertiary/aromatic N) is 1. The second-order valence-electron chi connectivity index (χ2n) is 11.4. The second-order valence-corrected chi connectivity index (χ2v) is 11.4. The van der Waals surface area contributed by atoms with Gasteiger partial charge in [-0.05, 0) is 54.1 Å². The maximum Gasteiger partial charge on any atom is 0.407 e. The first-order valence-corrected chi connectivity index (χ1v) is 15.5. The van der Waals surface area contributed by atoms with Gasteiger partial charge in [0.15, 0.2) is 0 Å². The van der Waals surface area contributed by atoms with Gasteiger partial charge in [0.25, 0.3) is 0 Å². The van der Waals surface area contributed by atoms with Gasteiger partial charge in [-0.2, -0.15) is 0 Å². The van der Waals surface area contributed by atoms with Crippen LogP contribution in [0.2, 0.25) is 0 Å². The summed E-state index contributed by atoms with van der Waals surface area (Å²) in [4.78, 5) is 27.6. The highest BCUT2D eigenvalue weighted by Gasteiger charge is 2.34. The summed E-state index contributed by atoms with van der Waals surface area (Å²) < 4.78 is 19.6. The van der Waals surface area contributed by atoms with E-state index >= 15 is 0 Å². The van der Waals surface area contributed by atoms with Crippen LogP contribution in [0, 0.1) is 5.82 Å². The minimum Gasteiger partial charge on any atom is -0.445 e. The zero-order chi connectivity index (χ0) is 31.3. The van der Waals surface area contributed by atoms with E-state index in [1.165, 1.54) is 6.07 Å². The minimum atomic E-state index is -0.639. The number of hydrogen-bond acceptors (Lipinski definition) is 4. The van der Waals surface area contributed by atoms with Crippen LogP contribution >= 0.6 is 0 Å². The highest BCUT2D eigenvalue weighted by molar-refractivity contribution is 5.82. The van der Waals surface area contributed by atoms with Crippen LogP contribution in [0.3, 0.4) is 0 Å². The molecule has 0 saturated carbocycles. The molecule has 0 fully saturated rings. The summed E-state index contributed by atoms with van der Waals surface area (Å²) in [5.41, 5.74) is 4.39. The fourth-order valence-electron chi connectivity index (χ4n) is 5.99. The number of alkyl carbamates (subject to hydrolysis) is 1. The molecular formula is C38H40FN3O3. The summed E-state index contributed by atoms with van der Waals surface area (Å²) in [6.45, 7) is 2.85. The Kier molecular flexibility index (Phi) is 11.1. The van der Waals surface area contributed by atoms with Crippen molar-refractivity contribution in [2.45, 2.75) is 31.3 Å². The molecule has 0 atom stereocenters. The van der Waals surface area contributed by atoms with E-state index in [0.29, 0.717) is 12.1 Å². The Labute approximate surface area is 264 Å². The van der Waals surface area contributed by atoms with Gasteiger partial charge >= 0.3 is 6.09 Å². The SMILES string of the molecule is O=C(CNC(=O)OCc1ccccc1)NCC(CCCN1CC=C(c2ccccc2F)CC1)(c1ccccc1)c1ccccc1. The summed E-state index contributed by atoms with van der Waals surface area (Å²) in [7, 11) is 0. The minimum absolute atomic E-state index is 0.136. The molecule has 232 valence electrons. The summed E-state index contributed by atoms with van der Waals surface area (Å²) in [6, 6.07) is 36.9. The summed E-state index contributed by atoms with van der Waals surface area (Å²) in [5, 5.41) is 5.66. The Morgan fingerprint density at radius 3 is 2.04 bits per heavy atom. The standard InChI is InChI=1S/C38H40FN3O3/c39-35-20-11-10-19-34(35)31-21-25-42(26-22-31)24-12-23-38(32-15-6-2-7-16-32,33-17-8-3-9-18-33)29-41-36(43)27-40-37(44)45-28-30-13-4-1-5-14-30/h1-11,13-21H,12,22-29H2,(H,40,44)(H,41,43). The van der Waals surface area contributed by atoms with E-state index in [1.54, 1.807) is 6.07 Å². The van der Waals surface area contributed by atoms with Gasteiger partial charge in [0.05, 0.1) is 6.54 Å². The summed E-state index contributed by atoms with van der Waals surface area (Å²) in [5.74, 6) is -0.459. The molecule has 0 bridgehead atoms. The van der Waals surface area contributed by atoms with Crippen LogP contribution in [0.1, 0.15) is 41.5 Å². The molecule has 6 nitrogen and oxygen atoms in total. The van der Waals surface area contributed by atoms with Crippen LogP contribution in [0.25, 0.3) is 5.57 Å². The molecule has 0 aromatic heterocycles. The Bertz CT molecular complexity index is 1520. The van der Waals surface area contributed by atoms with Crippen molar-refractivity contribution >= 4 is 17.6 Å². The molecule has 4 aromatic rings. The molecule has 4 aromatic carbocycles. The lowest BCUT2D eigenvalue weighted by Gasteiger charge is -2.36. The molecule has 1 aliphatic heterocycles. The number of benzene rings is 4. The highest BCUT2D eigenvalue weighted by Crippen LogP contribution is 2.37. The van der Waals surface area contributed by atoms with Crippen molar-refractivity contribution in [2.75, 3.05) is 32.7 Å².